The van der Waals surface area contributed by atoms with Gasteiger partial charge in [0.2, 0.25) is 0 Å². The van der Waals surface area contributed by atoms with Crippen LogP contribution in [0, 0.1) is 0 Å². The van der Waals surface area contributed by atoms with Crippen LogP contribution in [0.2, 0.25) is 10.0 Å². The number of rotatable bonds is 3. The first-order valence-corrected chi connectivity index (χ1v) is 7.26. The van der Waals surface area contributed by atoms with Gasteiger partial charge in [0, 0.05) is 15.6 Å². The van der Waals surface area contributed by atoms with Crippen LogP contribution in [0.3, 0.4) is 0 Å². The highest BCUT2D eigenvalue weighted by Gasteiger charge is 2.20. The Morgan fingerprint density at radius 1 is 1.15 bits per heavy atom. The standard InChI is InChI=1S/C16H14Cl2O2/c17-12-2-5-15(18)11(7-12)9-20-13-3-4-14-10(8-13)1-6-16(14)19/h2-5,7-8,16,19H,1,6,9H2/t16-/m1/s1. The highest BCUT2D eigenvalue weighted by Crippen LogP contribution is 2.33. The van der Waals surface area contributed by atoms with Crippen LogP contribution < -0.4 is 4.74 Å². The average Bonchev–Trinajstić information content (AvgIpc) is 2.81. The van der Waals surface area contributed by atoms with E-state index >= 15 is 0 Å². The average molecular weight is 309 g/mol. The highest BCUT2D eigenvalue weighted by atomic mass is 35.5. The molecule has 3 rings (SSSR count). The number of hydrogen-bond donors (Lipinski definition) is 1. The van der Waals surface area contributed by atoms with Crippen molar-refractivity contribution in [2.24, 2.45) is 0 Å². The molecule has 2 nitrogen and oxygen atoms in total. The monoisotopic (exact) mass is 308 g/mol. The van der Waals surface area contributed by atoms with E-state index in [4.69, 9.17) is 27.9 Å². The zero-order chi connectivity index (χ0) is 14.1. The molecule has 1 aliphatic rings. The molecule has 0 heterocycles. The molecule has 0 saturated carbocycles. The first-order valence-electron chi connectivity index (χ1n) is 6.51. The molecule has 0 aliphatic heterocycles. The van der Waals surface area contributed by atoms with Gasteiger partial charge in [0.1, 0.15) is 12.4 Å². The summed E-state index contributed by atoms with van der Waals surface area (Å²) in [7, 11) is 0. The minimum absolute atomic E-state index is 0.332. The lowest BCUT2D eigenvalue weighted by Crippen LogP contribution is -1.97. The summed E-state index contributed by atoms with van der Waals surface area (Å²) in [6, 6.07) is 11.1. The molecule has 104 valence electrons. The van der Waals surface area contributed by atoms with Crippen LogP contribution in [-0.4, -0.2) is 5.11 Å². The zero-order valence-electron chi connectivity index (χ0n) is 10.8. The second kappa shape index (κ2) is 5.65. The number of benzene rings is 2. The van der Waals surface area contributed by atoms with E-state index in [1.54, 1.807) is 18.2 Å². The molecule has 0 spiro atoms. The number of aliphatic hydroxyl groups excluding tert-OH is 1. The lowest BCUT2D eigenvalue weighted by molar-refractivity contribution is 0.180. The molecule has 0 aromatic heterocycles. The Morgan fingerprint density at radius 2 is 2.00 bits per heavy atom. The lowest BCUT2D eigenvalue weighted by atomic mass is 10.1. The van der Waals surface area contributed by atoms with Crippen molar-refractivity contribution < 1.29 is 9.84 Å². The van der Waals surface area contributed by atoms with E-state index in [1.807, 2.05) is 18.2 Å². The second-order valence-electron chi connectivity index (χ2n) is 4.94. The molecule has 4 heteroatoms. The smallest absolute Gasteiger partial charge is 0.120 e. The summed E-state index contributed by atoms with van der Waals surface area (Å²) in [4.78, 5) is 0. The van der Waals surface area contributed by atoms with Gasteiger partial charge in [-0.25, -0.2) is 0 Å². The summed E-state index contributed by atoms with van der Waals surface area (Å²) in [6.07, 6.45) is 1.35. The van der Waals surface area contributed by atoms with Gasteiger partial charge in [0.25, 0.3) is 0 Å². The first kappa shape index (κ1) is 13.7. The number of aliphatic hydroxyl groups is 1. The topological polar surface area (TPSA) is 29.5 Å². The van der Waals surface area contributed by atoms with E-state index in [0.717, 1.165) is 35.3 Å². The van der Waals surface area contributed by atoms with Crippen LogP contribution in [-0.2, 0) is 13.0 Å². The third-order valence-corrected chi connectivity index (χ3v) is 4.17. The maximum Gasteiger partial charge on any atom is 0.120 e. The van der Waals surface area contributed by atoms with Crippen molar-refractivity contribution >= 4 is 23.2 Å². The summed E-state index contributed by atoms with van der Waals surface area (Å²) in [5.41, 5.74) is 3.03. The molecule has 1 N–H and O–H groups in total. The third-order valence-electron chi connectivity index (χ3n) is 3.56. The Bertz CT molecular complexity index is 640. The lowest BCUT2D eigenvalue weighted by Gasteiger charge is -2.10. The van der Waals surface area contributed by atoms with Crippen molar-refractivity contribution in [1.29, 1.82) is 0 Å². The van der Waals surface area contributed by atoms with Crippen molar-refractivity contribution in [3.8, 4) is 5.75 Å². The van der Waals surface area contributed by atoms with Gasteiger partial charge in [-0.3, -0.25) is 0 Å². The Morgan fingerprint density at radius 3 is 2.85 bits per heavy atom. The van der Waals surface area contributed by atoms with Crippen LogP contribution >= 0.6 is 23.2 Å². The van der Waals surface area contributed by atoms with Crippen molar-refractivity contribution in [3.05, 3.63) is 63.1 Å². The Labute approximate surface area is 127 Å². The molecule has 0 unspecified atom stereocenters. The molecule has 1 atom stereocenters. The van der Waals surface area contributed by atoms with Crippen molar-refractivity contribution in [1.82, 2.24) is 0 Å². The van der Waals surface area contributed by atoms with E-state index in [2.05, 4.69) is 0 Å². The SMILES string of the molecule is O[C@@H]1CCc2cc(OCc3cc(Cl)ccc3Cl)ccc21. The molecule has 20 heavy (non-hydrogen) atoms. The minimum atomic E-state index is -0.332. The van der Waals surface area contributed by atoms with Gasteiger partial charge in [-0.15, -0.1) is 0 Å². The van der Waals surface area contributed by atoms with Crippen molar-refractivity contribution in [2.45, 2.75) is 25.6 Å². The van der Waals surface area contributed by atoms with E-state index in [1.165, 1.54) is 0 Å². The number of halogens is 2. The van der Waals surface area contributed by atoms with E-state index in [-0.39, 0.29) is 6.10 Å². The van der Waals surface area contributed by atoms with E-state index in [9.17, 15) is 5.11 Å². The molecule has 0 radical (unpaired) electrons. The molecule has 0 bridgehead atoms. The molecule has 0 amide bonds. The fourth-order valence-corrected chi connectivity index (χ4v) is 2.84. The normalized spacial score (nSPS) is 17.1. The van der Waals surface area contributed by atoms with Gasteiger partial charge in [0.05, 0.1) is 6.10 Å². The fraction of sp³-hybridized carbons (Fsp3) is 0.250. The van der Waals surface area contributed by atoms with Gasteiger partial charge in [-0.05, 0) is 54.3 Å². The molecule has 2 aromatic carbocycles. The Hall–Kier alpha value is -1.22. The third kappa shape index (κ3) is 2.78. The molecule has 0 saturated heterocycles. The highest BCUT2D eigenvalue weighted by molar-refractivity contribution is 6.33. The fourth-order valence-electron chi connectivity index (χ4n) is 2.48. The minimum Gasteiger partial charge on any atom is -0.489 e. The summed E-state index contributed by atoms with van der Waals surface area (Å²) >= 11 is 12.1. The van der Waals surface area contributed by atoms with Gasteiger partial charge >= 0.3 is 0 Å². The number of fused-ring (bicyclic) bond motifs is 1. The second-order valence-corrected chi connectivity index (χ2v) is 5.78. The maximum absolute atomic E-state index is 9.77. The largest absolute Gasteiger partial charge is 0.489 e. The molecule has 0 fully saturated rings. The summed E-state index contributed by atoms with van der Waals surface area (Å²) < 4.78 is 5.76. The van der Waals surface area contributed by atoms with E-state index in [0.29, 0.717) is 16.7 Å². The zero-order valence-corrected chi connectivity index (χ0v) is 12.3. The molecule has 2 aromatic rings. The van der Waals surface area contributed by atoms with Crippen molar-refractivity contribution in [3.63, 3.8) is 0 Å². The first-order chi connectivity index (χ1) is 9.63. The van der Waals surface area contributed by atoms with Gasteiger partial charge in [0.15, 0.2) is 0 Å². The van der Waals surface area contributed by atoms with Crippen LogP contribution in [0.4, 0.5) is 0 Å². The van der Waals surface area contributed by atoms with E-state index < -0.39 is 0 Å². The van der Waals surface area contributed by atoms with Crippen LogP contribution in [0.5, 0.6) is 5.75 Å². The van der Waals surface area contributed by atoms with Gasteiger partial charge in [-0.2, -0.15) is 0 Å². The number of ether oxygens (including phenoxy) is 1. The quantitative estimate of drug-likeness (QED) is 0.901. The Kier molecular flexibility index (Phi) is 3.88. The molecular weight excluding hydrogens is 295 g/mol. The maximum atomic E-state index is 9.77. The predicted molar refractivity (Wildman–Crippen MR) is 80.5 cm³/mol. The Balaban J connectivity index is 1.74. The summed E-state index contributed by atoms with van der Waals surface area (Å²) in [5, 5.41) is 11.1. The summed E-state index contributed by atoms with van der Waals surface area (Å²) in [5.74, 6) is 0.786. The van der Waals surface area contributed by atoms with Gasteiger partial charge in [-0.1, -0.05) is 29.3 Å². The van der Waals surface area contributed by atoms with Crippen molar-refractivity contribution in [2.75, 3.05) is 0 Å². The van der Waals surface area contributed by atoms with Crippen LogP contribution in [0.25, 0.3) is 0 Å². The predicted octanol–water partition coefficient (Wildman–Crippen LogP) is 4.55. The van der Waals surface area contributed by atoms with Gasteiger partial charge < -0.3 is 9.84 Å². The number of aryl methyl sites for hydroxylation is 1. The number of hydrogen-bond acceptors (Lipinski definition) is 2. The van der Waals surface area contributed by atoms with Crippen LogP contribution in [0.15, 0.2) is 36.4 Å². The molecule has 1 aliphatic carbocycles. The molecular formula is C16H14Cl2O2. The summed E-state index contributed by atoms with van der Waals surface area (Å²) in [6.45, 7) is 0.376. The van der Waals surface area contributed by atoms with Crippen LogP contribution in [0.1, 0.15) is 29.2 Å².